The zero-order chi connectivity index (χ0) is 13.4. The minimum atomic E-state index is -0.123. The van der Waals surface area contributed by atoms with Crippen molar-refractivity contribution in [2.45, 2.75) is 58.2 Å². The van der Waals surface area contributed by atoms with Gasteiger partial charge in [0.1, 0.15) is 0 Å². The van der Waals surface area contributed by atoms with Crippen LogP contribution in [0.1, 0.15) is 41.0 Å². The van der Waals surface area contributed by atoms with Crippen molar-refractivity contribution in [3.05, 3.63) is 0 Å². The van der Waals surface area contributed by atoms with Gasteiger partial charge in [-0.25, -0.2) is 0 Å². The van der Waals surface area contributed by atoms with Crippen molar-refractivity contribution in [1.29, 1.82) is 0 Å². The highest BCUT2D eigenvalue weighted by molar-refractivity contribution is 5.83. The fourth-order valence-electron chi connectivity index (χ4n) is 2.39. The second-order valence-electron chi connectivity index (χ2n) is 6.61. The molecule has 1 unspecified atom stereocenters. The maximum Gasteiger partial charge on any atom is 0.240 e. The highest BCUT2D eigenvalue weighted by Gasteiger charge is 2.45. The maximum absolute atomic E-state index is 12.5. The smallest absolute Gasteiger partial charge is 0.240 e. The number of rotatable bonds is 2. The highest BCUT2D eigenvalue weighted by atomic mass is 16.2. The molecule has 0 aromatic heterocycles. The predicted molar refractivity (Wildman–Crippen MR) is 70.8 cm³/mol. The van der Waals surface area contributed by atoms with Gasteiger partial charge in [0.2, 0.25) is 5.91 Å². The molecule has 4 nitrogen and oxygen atoms in total. The summed E-state index contributed by atoms with van der Waals surface area (Å²) in [5.74, 6) is 0.213. The quantitative estimate of drug-likeness (QED) is 0.786. The molecule has 2 N–H and O–H groups in total. The second kappa shape index (κ2) is 4.58. The SMILES string of the molecule is CN1C(CCN)C(=O)N(C(C)(C)C)CC1(C)C. The molecule has 0 spiro atoms. The summed E-state index contributed by atoms with van der Waals surface area (Å²) in [5.41, 5.74) is 5.51. The molecule has 1 atom stereocenters. The number of hydrogen-bond donors (Lipinski definition) is 1. The number of likely N-dealkylation sites (N-methyl/N-ethyl adjacent to an activating group) is 1. The molecular weight excluding hydrogens is 214 g/mol. The second-order valence-corrected chi connectivity index (χ2v) is 6.61. The average molecular weight is 241 g/mol. The molecule has 1 fully saturated rings. The third kappa shape index (κ3) is 2.80. The third-order valence-corrected chi connectivity index (χ3v) is 3.77. The number of carbonyl (C=O) groups is 1. The van der Waals surface area contributed by atoms with Gasteiger partial charge in [-0.2, -0.15) is 0 Å². The van der Waals surface area contributed by atoms with Crippen LogP contribution < -0.4 is 5.73 Å². The van der Waals surface area contributed by atoms with Crippen molar-refractivity contribution in [2.75, 3.05) is 20.1 Å². The van der Waals surface area contributed by atoms with Gasteiger partial charge in [-0.1, -0.05) is 0 Å². The van der Waals surface area contributed by atoms with Crippen molar-refractivity contribution in [3.8, 4) is 0 Å². The molecule has 1 aliphatic heterocycles. The van der Waals surface area contributed by atoms with Crippen molar-refractivity contribution < 1.29 is 4.79 Å². The average Bonchev–Trinajstić information content (AvgIpc) is 2.17. The lowest BCUT2D eigenvalue weighted by molar-refractivity contribution is -0.155. The molecule has 4 heteroatoms. The van der Waals surface area contributed by atoms with E-state index in [0.29, 0.717) is 6.54 Å². The van der Waals surface area contributed by atoms with E-state index in [1.165, 1.54) is 0 Å². The first-order valence-corrected chi connectivity index (χ1v) is 6.36. The molecule has 0 bridgehead atoms. The largest absolute Gasteiger partial charge is 0.335 e. The van der Waals surface area contributed by atoms with Crippen LogP contribution in [-0.2, 0) is 4.79 Å². The standard InChI is InChI=1S/C13H27N3O/c1-12(2,3)16-9-13(4,5)15(6)10(7-8-14)11(16)17/h10H,7-9,14H2,1-6H3. The fraction of sp³-hybridized carbons (Fsp3) is 0.923. The number of nitrogens with zero attached hydrogens (tertiary/aromatic N) is 2. The summed E-state index contributed by atoms with van der Waals surface area (Å²) in [6, 6.07) is -0.0806. The van der Waals surface area contributed by atoms with Crippen LogP contribution >= 0.6 is 0 Å². The van der Waals surface area contributed by atoms with Gasteiger partial charge in [-0.15, -0.1) is 0 Å². The first kappa shape index (κ1) is 14.5. The van der Waals surface area contributed by atoms with E-state index in [0.717, 1.165) is 13.0 Å². The molecule has 0 saturated carbocycles. The van der Waals surface area contributed by atoms with E-state index in [-0.39, 0.29) is 23.0 Å². The van der Waals surface area contributed by atoms with Gasteiger partial charge in [0, 0.05) is 17.6 Å². The lowest BCUT2D eigenvalue weighted by atomic mass is 9.90. The van der Waals surface area contributed by atoms with Crippen molar-refractivity contribution >= 4 is 5.91 Å². The molecule has 1 aliphatic rings. The molecule has 1 heterocycles. The van der Waals surface area contributed by atoms with E-state index >= 15 is 0 Å². The highest BCUT2D eigenvalue weighted by Crippen LogP contribution is 2.30. The Morgan fingerprint density at radius 1 is 1.41 bits per heavy atom. The summed E-state index contributed by atoms with van der Waals surface area (Å²) < 4.78 is 0. The summed E-state index contributed by atoms with van der Waals surface area (Å²) in [4.78, 5) is 16.7. The summed E-state index contributed by atoms with van der Waals surface area (Å²) in [5, 5.41) is 0. The molecule has 1 saturated heterocycles. The van der Waals surface area contributed by atoms with E-state index in [1.807, 2.05) is 11.9 Å². The summed E-state index contributed by atoms with van der Waals surface area (Å²) in [6.45, 7) is 12.0. The van der Waals surface area contributed by atoms with E-state index in [1.54, 1.807) is 0 Å². The summed E-state index contributed by atoms with van der Waals surface area (Å²) >= 11 is 0. The normalized spacial score (nSPS) is 26.4. The zero-order valence-corrected chi connectivity index (χ0v) is 12.1. The third-order valence-electron chi connectivity index (χ3n) is 3.77. The lowest BCUT2D eigenvalue weighted by Gasteiger charge is -2.53. The number of hydrogen-bond acceptors (Lipinski definition) is 3. The Labute approximate surface area is 105 Å². The van der Waals surface area contributed by atoms with E-state index in [4.69, 9.17) is 5.73 Å². The van der Waals surface area contributed by atoms with E-state index < -0.39 is 0 Å². The Hall–Kier alpha value is -0.610. The van der Waals surface area contributed by atoms with Gasteiger partial charge < -0.3 is 10.6 Å². The van der Waals surface area contributed by atoms with Crippen LogP contribution in [0.5, 0.6) is 0 Å². The Morgan fingerprint density at radius 3 is 2.35 bits per heavy atom. The van der Waals surface area contributed by atoms with Crippen molar-refractivity contribution in [3.63, 3.8) is 0 Å². The van der Waals surface area contributed by atoms with Gasteiger partial charge in [0.25, 0.3) is 0 Å². The molecule has 0 aliphatic carbocycles. The Morgan fingerprint density at radius 2 is 1.94 bits per heavy atom. The molecule has 1 amide bonds. The minimum absolute atomic E-state index is 0.00102. The van der Waals surface area contributed by atoms with Crippen LogP contribution in [0.2, 0.25) is 0 Å². The Balaban J connectivity index is 3.03. The Kier molecular flexibility index (Phi) is 3.89. The first-order chi connectivity index (χ1) is 7.61. The molecule has 0 aromatic rings. The monoisotopic (exact) mass is 241 g/mol. The molecule has 0 aromatic carbocycles. The minimum Gasteiger partial charge on any atom is -0.335 e. The van der Waals surface area contributed by atoms with Crippen LogP contribution in [0.3, 0.4) is 0 Å². The topological polar surface area (TPSA) is 49.6 Å². The van der Waals surface area contributed by atoms with Gasteiger partial charge in [-0.05, 0) is 54.6 Å². The van der Waals surface area contributed by atoms with Crippen LogP contribution in [0, 0.1) is 0 Å². The molecule has 0 radical (unpaired) electrons. The lowest BCUT2D eigenvalue weighted by Crippen LogP contribution is -2.68. The van der Waals surface area contributed by atoms with Gasteiger partial charge in [0.05, 0.1) is 6.04 Å². The van der Waals surface area contributed by atoms with Crippen LogP contribution in [-0.4, -0.2) is 53.0 Å². The summed E-state index contributed by atoms with van der Waals surface area (Å²) in [7, 11) is 2.03. The molecule has 100 valence electrons. The zero-order valence-electron chi connectivity index (χ0n) is 12.1. The van der Waals surface area contributed by atoms with Crippen LogP contribution in [0.25, 0.3) is 0 Å². The van der Waals surface area contributed by atoms with Crippen molar-refractivity contribution in [1.82, 2.24) is 9.80 Å². The molecular formula is C13H27N3O. The van der Waals surface area contributed by atoms with Crippen molar-refractivity contribution in [2.24, 2.45) is 5.73 Å². The number of amides is 1. The van der Waals surface area contributed by atoms with Gasteiger partial charge >= 0.3 is 0 Å². The fourth-order valence-corrected chi connectivity index (χ4v) is 2.39. The van der Waals surface area contributed by atoms with E-state index in [2.05, 4.69) is 39.5 Å². The van der Waals surface area contributed by atoms with Gasteiger partial charge in [0.15, 0.2) is 0 Å². The molecule has 17 heavy (non-hydrogen) atoms. The molecule has 1 rings (SSSR count). The predicted octanol–water partition coefficient (Wildman–Crippen LogP) is 1.05. The maximum atomic E-state index is 12.5. The number of piperazine rings is 1. The Bertz CT molecular complexity index is 294. The number of nitrogens with two attached hydrogens (primary N) is 1. The van der Waals surface area contributed by atoms with Crippen LogP contribution in [0.4, 0.5) is 0 Å². The first-order valence-electron chi connectivity index (χ1n) is 6.36. The van der Waals surface area contributed by atoms with Crippen LogP contribution in [0.15, 0.2) is 0 Å². The van der Waals surface area contributed by atoms with Gasteiger partial charge in [-0.3, -0.25) is 9.69 Å². The van der Waals surface area contributed by atoms with E-state index in [9.17, 15) is 4.79 Å². The number of carbonyl (C=O) groups excluding carboxylic acids is 1. The summed E-state index contributed by atoms with van der Waals surface area (Å²) in [6.07, 6.45) is 0.728.